The molecule has 1 aliphatic rings. The van der Waals surface area contributed by atoms with Crippen molar-refractivity contribution in [1.82, 2.24) is 9.88 Å². The summed E-state index contributed by atoms with van der Waals surface area (Å²) in [5, 5.41) is 21.4. The highest BCUT2D eigenvalue weighted by Crippen LogP contribution is 2.35. The molecule has 3 aromatic rings. The maximum atomic E-state index is 13.9. The molecule has 2 N–H and O–H groups in total. The fourth-order valence-electron chi connectivity index (χ4n) is 5.16. The van der Waals surface area contributed by atoms with Gasteiger partial charge in [-0.1, -0.05) is 0 Å². The topological polar surface area (TPSA) is 82.9 Å². The van der Waals surface area contributed by atoms with Crippen LogP contribution in [0.3, 0.4) is 0 Å². The van der Waals surface area contributed by atoms with Crippen molar-refractivity contribution >= 4 is 28.6 Å². The monoisotopic (exact) mass is 530 g/mol. The highest BCUT2D eigenvalue weighted by atomic mass is 32.2. The number of halogens is 2. The van der Waals surface area contributed by atoms with Crippen molar-refractivity contribution in [2.75, 3.05) is 32.5 Å². The number of rotatable bonds is 11. The largest absolute Gasteiger partial charge is 0.497 e. The summed E-state index contributed by atoms with van der Waals surface area (Å²) in [4.78, 5) is 18.4. The average molecular weight is 531 g/mol. The van der Waals surface area contributed by atoms with Gasteiger partial charge >= 0.3 is 5.97 Å². The van der Waals surface area contributed by atoms with Gasteiger partial charge in [0.05, 0.1) is 18.7 Å². The molecule has 0 amide bonds. The van der Waals surface area contributed by atoms with Gasteiger partial charge in [-0.25, -0.2) is 8.78 Å². The maximum Gasteiger partial charge on any atom is 0.303 e. The standard InChI is InChI=1S/C28H32F2N2O4S/c1-36-21-4-6-25-23(16-21)22(8-10-31-25)26(33)7-2-18-9-11-32(17-19(18)14-28(34)35)12-13-37-27-15-20(29)3-5-24(27)30/h3-6,8,10,15-16,18-19,26,33H,2,7,9,11-14,17H2,1H3,(H,34,35)/t18-,19+,26-/m1/s1. The van der Waals surface area contributed by atoms with E-state index in [2.05, 4.69) is 9.88 Å². The van der Waals surface area contributed by atoms with Gasteiger partial charge in [0.1, 0.15) is 17.4 Å². The predicted octanol–water partition coefficient (Wildman–Crippen LogP) is 5.54. The lowest BCUT2D eigenvalue weighted by molar-refractivity contribution is -0.139. The van der Waals surface area contributed by atoms with Crippen molar-refractivity contribution < 1.29 is 28.5 Å². The van der Waals surface area contributed by atoms with Crippen LogP contribution in [0.4, 0.5) is 8.78 Å². The third-order valence-electron chi connectivity index (χ3n) is 7.12. The third-order valence-corrected chi connectivity index (χ3v) is 8.13. The normalized spacial score (nSPS) is 19.1. The summed E-state index contributed by atoms with van der Waals surface area (Å²) < 4.78 is 32.6. The number of aliphatic hydroxyl groups excluding tert-OH is 1. The van der Waals surface area contributed by atoms with Crippen molar-refractivity contribution in [2.45, 2.75) is 36.7 Å². The summed E-state index contributed by atoms with van der Waals surface area (Å²) in [6, 6.07) is 10.8. The second kappa shape index (κ2) is 12.7. The summed E-state index contributed by atoms with van der Waals surface area (Å²) >= 11 is 1.27. The minimum atomic E-state index is -0.833. The van der Waals surface area contributed by atoms with Crippen molar-refractivity contribution in [1.29, 1.82) is 0 Å². The number of ether oxygens (including phenoxy) is 1. The molecule has 1 aliphatic heterocycles. The number of carbonyl (C=O) groups is 1. The average Bonchev–Trinajstić information content (AvgIpc) is 2.89. The molecule has 198 valence electrons. The van der Waals surface area contributed by atoms with Gasteiger partial charge in [0.25, 0.3) is 0 Å². The summed E-state index contributed by atoms with van der Waals surface area (Å²) in [5.41, 5.74) is 1.57. The molecule has 37 heavy (non-hydrogen) atoms. The molecule has 2 heterocycles. The zero-order valence-corrected chi connectivity index (χ0v) is 21.6. The van der Waals surface area contributed by atoms with Gasteiger partial charge < -0.3 is 19.8 Å². The van der Waals surface area contributed by atoms with Crippen LogP contribution in [0.2, 0.25) is 0 Å². The Hall–Kier alpha value is -2.75. The van der Waals surface area contributed by atoms with Crippen LogP contribution in [0.15, 0.2) is 53.6 Å². The first kappa shape index (κ1) is 27.3. The summed E-state index contributed by atoms with van der Waals surface area (Å²) in [6.45, 7) is 2.10. The summed E-state index contributed by atoms with van der Waals surface area (Å²) in [7, 11) is 1.60. The fraction of sp³-hybridized carbons (Fsp3) is 0.429. The molecule has 0 radical (unpaired) electrons. The molecule has 1 saturated heterocycles. The van der Waals surface area contributed by atoms with Gasteiger partial charge in [0.15, 0.2) is 0 Å². The van der Waals surface area contributed by atoms with Gasteiger partial charge in [-0.05, 0) is 85.7 Å². The quantitative estimate of drug-likeness (QED) is 0.315. The smallest absolute Gasteiger partial charge is 0.303 e. The lowest BCUT2D eigenvalue weighted by atomic mass is 9.79. The minimum Gasteiger partial charge on any atom is -0.497 e. The third kappa shape index (κ3) is 7.18. The Bertz CT molecular complexity index is 1230. The van der Waals surface area contributed by atoms with Gasteiger partial charge in [-0.2, -0.15) is 0 Å². The Kier molecular flexibility index (Phi) is 9.34. The number of aliphatic hydroxyl groups is 1. The van der Waals surface area contributed by atoms with E-state index in [0.717, 1.165) is 41.6 Å². The van der Waals surface area contributed by atoms with E-state index in [9.17, 15) is 23.8 Å². The Labute approximate surface area is 219 Å². The maximum absolute atomic E-state index is 13.9. The van der Waals surface area contributed by atoms with E-state index in [-0.39, 0.29) is 23.2 Å². The Morgan fingerprint density at radius 1 is 1.22 bits per heavy atom. The van der Waals surface area contributed by atoms with Crippen LogP contribution in [-0.4, -0.2) is 58.6 Å². The molecule has 3 atom stereocenters. The number of hydrogen-bond donors (Lipinski definition) is 2. The van der Waals surface area contributed by atoms with Crippen molar-refractivity contribution in [3.05, 3.63) is 65.9 Å². The second-order valence-corrected chi connectivity index (χ2v) is 10.6. The zero-order valence-electron chi connectivity index (χ0n) is 20.8. The van der Waals surface area contributed by atoms with Gasteiger partial charge in [0, 0.05) is 41.7 Å². The van der Waals surface area contributed by atoms with Crippen molar-refractivity contribution in [2.24, 2.45) is 11.8 Å². The SMILES string of the molecule is COc1ccc2nccc([C@H](O)CC[C@@H]3CCN(CCSc4cc(F)ccc4F)C[C@@H]3CC(=O)O)c2c1. The van der Waals surface area contributed by atoms with Crippen LogP contribution in [-0.2, 0) is 4.79 Å². The number of pyridine rings is 1. The van der Waals surface area contributed by atoms with Crippen LogP contribution in [0, 0.1) is 23.5 Å². The second-order valence-electron chi connectivity index (χ2n) is 9.51. The van der Waals surface area contributed by atoms with E-state index in [1.165, 1.54) is 17.8 Å². The molecule has 0 bridgehead atoms. The van der Waals surface area contributed by atoms with E-state index in [1.54, 1.807) is 13.3 Å². The molecule has 0 unspecified atom stereocenters. The highest BCUT2D eigenvalue weighted by molar-refractivity contribution is 7.99. The number of likely N-dealkylation sites (tertiary alicyclic amines) is 1. The van der Waals surface area contributed by atoms with Crippen LogP contribution in [0.25, 0.3) is 10.9 Å². The zero-order chi connectivity index (χ0) is 26.4. The van der Waals surface area contributed by atoms with Crippen LogP contribution in [0.5, 0.6) is 5.75 Å². The molecule has 1 aromatic heterocycles. The fourth-order valence-corrected chi connectivity index (χ4v) is 6.13. The molecular weight excluding hydrogens is 498 g/mol. The van der Waals surface area contributed by atoms with Crippen molar-refractivity contribution in [3.63, 3.8) is 0 Å². The predicted molar refractivity (Wildman–Crippen MR) is 140 cm³/mol. The molecular formula is C28H32F2N2O4S. The Morgan fingerprint density at radius 2 is 2.05 bits per heavy atom. The Morgan fingerprint density at radius 3 is 2.84 bits per heavy atom. The van der Waals surface area contributed by atoms with E-state index in [4.69, 9.17) is 4.74 Å². The van der Waals surface area contributed by atoms with E-state index < -0.39 is 23.7 Å². The van der Waals surface area contributed by atoms with E-state index in [0.29, 0.717) is 37.4 Å². The first-order valence-electron chi connectivity index (χ1n) is 12.5. The number of carboxylic acid groups (broad SMARTS) is 1. The number of nitrogens with zero attached hydrogens (tertiary/aromatic N) is 2. The number of carboxylic acids is 1. The van der Waals surface area contributed by atoms with Crippen LogP contribution < -0.4 is 4.74 Å². The number of aromatic nitrogens is 1. The van der Waals surface area contributed by atoms with Gasteiger partial charge in [-0.3, -0.25) is 9.78 Å². The number of piperidine rings is 1. The van der Waals surface area contributed by atoms with Gasteiger partial charge in [-0.15, -0.1) is 11.8 Å². The molecule has 1 fully saturated rings. The van der Waals surface area contributed by atoms with Crippen LogP contribution in [0.1, 0.15) is 37.4 Å². The number of thioether (sulfide) groups is 1. The molecule has 9 heteroatoms. The number of aliphatic carboxylic acids is 1. The Balaban J connectivity index is 1.35. The number of fused-ring (bicyclic) bond motifs is 1. The number of methoxy groups -OCH3 is 1. The minimum absolute atomic E-state index is 0.0383. The summed E-state index contributed by atoms with van der Waals surface area (Å²) in [6.07, 6.45) is 3.12. The summed E-state index contributed by atoms with van der Waals surface area (Å²) in [5.74, 6) is -0.314. The molecule has 0 aliphatic carbocycles. The van der Waals surface area contributed by atoms with Crippen molar-refractivity contribution in [3.8, 4) is 5.75 Å². The van der Waals surface area contributed by atoms with Gasteiger partial charge in [0.2, 0.25) is 0 Å². The first-order chi connectivity index (χ1) is 17.8. The van der Waals surface area contributed by atoms with Crippen LogP contribution >= 0.6 is 11.8 Å². The molecule has 4 rings (SSSR count). The highest BCUT2D eigenvalue weighted by Gasteiger charge is 2.31. The van der Waals surface area contributed by atoms with E-state index >= 15 is 0 Å². The molecule has 0 spiro atoms. The molecule has 0 saturated carbocycles. The number of benzene rings is 2. The number of hydrogen-bond acceptors (Lipinski definition) is 6. The lowest BCUT2D eigenvalue weighted by Crippen LogP contribution is -2.42. The lowest BCUT2D eigenvalue weighted by Gasteiger charge is -2.38. The molecule has 6 nitrogen and oxygen atoms in total. The first-order valence-corrected chi connectivity index (χ1v) is 13.5. The molecule has 2 aromatic carbocycles. The van der Waals surface area contributed by atoms with E-state index in [1.807, 2.05) is 24.3 Å².